The number of rotatable bonds is 2. The summed E-state index contributed by atoms with van der Waals surface area (Å²) < 4.78 is 23.0. The molecule has 11 heavy (non-hydrogen) atoms. The van der Waals surface area contributed by atoms with E-state index in [0.29, 0.717) is 5.75 Å². The highest BCUT2D eigenvalue weighted by atomic mass is 32.2. The van der Waals surface area contributed by atoms with Gasteiger partial charge in [-0.05, 0) is 19.1 Å². The quantitative estimate of drug-likeness (QED) is 0.688. The summed E-state index contributed by atoms with van der Waals surface area (Å²) in [4.78, 5) is 0. The maximum Gasteiger partial charge on any atom is 0.357 e. The first-order chi connectivity index (χ1) is 5.18. The Bertz CT molecular complexity index is 255. The molecule has 0 aliphatic heterocycles. The molecule has 1 N–H and O–H groups in total. The molecule has 0 saturated carbocycles. The highest BCUT2D eigenvalue weighted by molar-refractivity contribution is 7.74. The maximum atomic E-state index is 10.1. The monoisotopic (exact) mass is 172 g/mol. The van der Waals surface area contributed by atoms with Crippen molar-refractivity contribution in [1.82, 2.24) is 0 Å². The lowest BCUT2D eigenvalue weighted by atomic mass is 10.2. The number of hydrogen-bond donors (Lipinski definition) is 1. The minimum atomic E-state index is -2.22. The van der Waals surface area contributed by atoms with Crippen molar-refractivity contribution in [2.45, 2.75) is 6.92 Å². The molecule has 0 saturated heterocycles. The second-order valence-corrected chi connectivity index (χ2v) is 2.71. The lowest BCUT2D eigenvalue weighted by Crippen LogP contribution is -1.96. The van der Waals surface area contributed by atoms with Crippen molar-refractivity contribution < 1.29 is 12.9 Å². The minimum absolute atomic E-state index is 0.399. The molecule has 1 rings (SSSR count). The molecule has 1 unspecified atom stereocenters. The first kappa shape index (κ1) is 8.23. The summed E-state index contributed by atoms with van der Waals surface area (Å²) >= 11 is -2.22. The van der Waals surface area contributed by atoms with Gasteiger partial charge in [-0.25, -0.2) is 0 Å². The fourth-order valence-electron chi connectivity index (χ4n) is 0.676. The molecule has 0 aromatic heterocycles. The summed E-state index contributed by atoms with van der Waals surface area (Å²) in [6.45, 7) is 1.93. The molecule has 0 bridgehead atoms. The first-order valence-corrected chi connectivity index (χ1v) is 4.07. The van der Waals surface area contributed by atoms with E-state index in [4.69, 9.17) is 4.55 Å². The number of hydrogen-bond acceptors (Lipinski definition) is 2. The standard InChI is InChI=1S/C7H8O3S/c1-6-2-4-7(5-3-6)10-11(8)9/h2-5H,1H3,(H,8,9). The molecule has 0 amide bonds. The Morgan fingerprint density at radius 3 is 2.36 bits per heavy atom. The van der Waals surface area contributed by atoms with Gasteiger partial charge in [-0.15, -0.1) is 0 Å². The Morgan fingerprint density at radius 2 is 1.91 bits per heavy atom. The molecule has 0 fully saturated rings. The van der Waals surface area contributed by atoms with Gasteiger partial charge in [0.2, 0.25) is 0 Å². The van der Waals surface area contributed by atoms with Crippen molar-refractivity contribution >= 4 is 11.4 Å². The third-order valence-corrected chi connectivity index (χ3v) is 1.52. The predicted molar refractivity (Wildman–Crippen MR) is 42.6 cm³/mol. The second-order valence-electron chi connectivity index (χ2n) is 2.11. The minimum Gasteiger partial charge on any atom is -0.380 e. The van der Waals surface area contributed by atoms with Gasteiger partial charge in [-0.1, -0.05) is 17.7 Å². The van der Waals surface area contributed by atoms with Crippen LogP contribution >= 0.6 is 0 Å². The third kappa shape index (κ3) is 2.69. The zero-order chi connectivity index (χ0) is 8.27. The van der Waals surface area contributed by atoms with Gasteiger partial charge in [0.05, 0.1) is 0 Å². The fourth-order valence-corrected chi connectivity index (χ4v) is 0.952. The van der Waals surface area contributed by atoms with E-state index < -0.39 is 11.4 Å². The summed E-state index contributed by atoms with van der Waals surface area (Å²) in [5, 5.41) is 0. The summed E-state index contributed by atoms with van der Waals surface area (Å²) in [7, 11) is 0. The highest BCUT2D eigenvalue weighted by Crippen LogP contribution is 2.11. The van der Waals surface area contributed by atoms with Crippen LogP contribution in [0, 0.1) is 6.92 Å². The SMILES string of the molecule is Cc1ccc(OS(=O)O)cc1. The van der Waals surface area contributed by atoms with E-state index in [0.717, 1.165) is 5.56 Å². The summed E-state index contributed by atoms with van der Waals surface area (Å²) in [5.41, 5.74) is 1.08. The number of aryl methyl sites for hydroxylation is 1. The van der Waals surface area contributed by atoms with Crippen LogP contribution in [0.15, 0.2) is 24.3 Å². The largest absolute Gasteiger partial charge is 0.380 e. The molecule has 0 radical (unpaired) electrons. The molecular weight excluding hydrogens is 164 g/mol. The molecule has 60 valence electrons. The van der Waals surface area contributed by atoms with E-state index in [1.54, 1.807) is 12.1 Å². The van der Waals surface area contributed by atoms with E-state index >= 15 is 0 Å². The third-order valence-electron chi connectivity index (χ3n) is 1.19. The molecule has 1 atom stereocenters. The van der Waals surface area contributed by atoms with Crippen LogP contribution in [-0.4, -0.2) is 8.76 Å². The van der Waals surface area contributed by atoms with Gasteiger partial charge in [-0.3, -0.25) is 4.55 Å². The zero-order valence-electron chi connectivity index (χ0n) is 5.98. The second kappa shape index (κ2) is 3.50. The van der Waals surface area contributed by atoms with Crippen LogP contribution in [0.3, 0.4) is 0 Å². The van der Waals surface area contributed by atoms with Gasteiger partial charge in [0.1, 0.15) is 5.75 Å². The van der Waals surface area contributed by atoms with Crippen molar-refractivity contribution in [2.75, 3.05) is 0 Å². The lowest BCUT2D eigenvalue weighted by molar-refractivity contribution is 0.458. The fraction of sp³-hybridized carbons (Fsp3) is 0.143. The normalized spacial score (nSPS) is 12.5. The Morgan fingerprint density at radius 1 is 1.36 bits per heavy atom. The van der Waals surface area contributed by atoms with Crippen LogP contribution in [0.1, 0.15) is 5.56 Å². The van der Waals surface area contributed by atoms with Crippen molar-refractivity contribution in [3.63, 3.8) is 0 Å². The lowest BCUT2D eigenvalue weighted by Gasteiger charge is -1.98. The van der Waals surface area contributed by atoms with Crippen LogP contribution in [0.2, 0.25) is 0 Å². The van der Waals surface area contributed by atoms with E-state index in [1.807, 2.05) is 19.1 Å². The Balaban J connectivity index is 2.74. The zero-order valence-corrected chi connectivity index (χ0v) is 6.80. The van der Waals surface area contributed by atoms with Gasteiger partial charge in [-0.2, -0.15) is 4.21 Å². The molecule has 1 aromatic carbocycles. The summed E-state index contributed by atoms with van der Waals surface area (Å²) in [5.74, 6) is 0.399. The van der Waals surface area contributed by atoms with Gasteiger partial charge in [0.25, 0.3) is 0 Å². The van der Waals surface area contributed by atoms with Crippen molar-refractivity contribution in [3.8, 4) is 5.75 Å². The van der Waals surface area contributed by atoms with Gasteiger partial charge < -0.3 is 4.18 Å². The van der Waals surface area contributed by atoms with Crippen molar-refractivity contribution in [2.24, 2.45) is 0 Å². The average molecular weight is 172 g/mol. The van der Waals surface area contributed by atoms with Gasteiger partial charge in [0, 0.05) is 0 Å². The Kier molecular flexibility index (Phi) is 2.62. The van der Waals surface area contributed by atoms with E-state index in [2.05, 4.69) is 4.18 Å². The Hall–Kier alpha value is -0.870. The number of benzene rings is 1. The van der Waals surface area contributed by atoms with Crippen LogP contribution < -0.4 is 4.18 Å². The molecule has 4 heteroatoms. The van der Waals surface area contributed by atoms with Crippen LogP contribution in [0.25, 0.3) is 0 Å². The molecule has 3 nitrogen and oxygen atoms in total. The van der Waals surface area contributed by atoms with E-state index in [-0.39, 0.29) is 0 Å². The topological polar surface area (TPSA) is 46.5 Å². The first-order valence-electron chi connectivity index (χ1n) is 3.04. The molecule has 1 aromatic rings. The van der Waals surface area contributed by atoms with Gasteiger partial charge >= 0.3 is 11.4 Å². The molecular formula is C7H8O3S. The molecule has 0 aliphatic carbocycles. The predicted octanol–water partition coefficient (Wildman–Crippen LogP) is 1.51. The van der Waals surface area contributed by atoms with E-state index in [1.165, 1.54) is 0 Å². The van der Waals surface area contributed by atoms with Crippen LogP contribution in [0.5, 0.6) is 5.75 Å². The van der Waals surface area contributed by atoms with Crippen molar-refractivity contribution in [1.29, 1.82) is 0 Å². The van der Waals surface area contributed by atoms with E-state index in [9.17, 15) is 4.21 Å². The highest BCUT2D eigenvalue weighted by Gasteiger charge is 1.95. The summed E-state index contributed by atoms with van der Waals surface area (Å²) in [6, 6.07) is 6.90. The van der Waals surface area contributed by atoms with Crippen LogP contribution in [-0.2, 0) is 11.4 Å². The smallest absolute Gasteiger partial charge is 0.357 e. The Labute approximate surface area is 67.5 Å². The van der Waals surface area contributed by atoms with Crippen LogP contribution in [0.4, 0.5) is 0 Å². The molecule has 0 aliphatic rings. The molecule has 0 spiro atoms. The maximum absolute atomic E-state index is 10.1. The average Bonchev–Trinajstić information content (AvgIpc) is 1.93. The van der Waals surface area contributed by atoms with Crippen molar-refractivity contribution in [3.05, 3.63) is 29.8 Å². The van der Waals surface area contributed by atoms with Gasteiger partial charge in [0.15, 0.2) is 0 Å². The molecule has 0 heterocycles. The summed E-state index contributed by atoms with van der Waals surface area (Å²) in [6.07, 6.45) is 0.